The molecule has 0 unspecified atom stereocenters. The van der Waals surface area contributed by atoms with E-state index in [1.165, 1.54) is 7.11 Å². The van der Waals surface area contributed by atoms with Gasteiger partial charge >= 0.3 is 5.97 Å². The van der Waals surface area contributed by atoms with E-state index in [2.05, 4.69) is 6.58 Å². The highest BCUT2D eigenvalue weighted by atomic mass is 16.5. The minimum absolute atomic E-state index is 0.258. The van der Waals surface area contributed by atoms with Crippen molar-refractivity contribution >= 4 is 5.97 Å². The molecule has 0 rings (SSSR count). The molecule has 0 aromatic carbocycles. The summed E-state index contributed by atoms with van der Waals surface area (Å²) in [7, 11) is 1.53. The number of methoxy groups -OCH3 is 1. The third kappa shape index (κ3) is 5.20. The first-order valence-corrected chi connectivity index (χ1v) is 4.23. The summed E-state index contributed by atoms with van der Waals surface area (Å²) in [6.07, 6.45) is 3.96. The summed E-state index contributed by atoms with van der Waals surface area (Å²) in [6, 6.07) is 0. The number of esters is 1. The van der Waals surface area contributed by atoms with Crippen molar-refractivity contribution < 1.29 is 14.3 Å². The fourth-order valence-electron chi connectivity index (χ4n) is 0.760. The van der Waals surface area contributed by atoms with Gasteiger partial charge < -0.3 is 9.47 Å². The minimum atomic E-state index is -0.330. The summed E-state index contributed by atoms with van der Waals surface area (Å²) < 4.78 is 9.76. The Morgan fingerprint density at radius 1 is 1.54 bits per heavy atom. The molecule has 0 saturated heterocycles. The second-order valence-electron chi connectivity index (χ2n) is 2.50. The van der Waals surface area contributed by atoms with Crippen LogP contribution in [0, 0.1) is 0 Å². The molecule has 3 nitrogen and oxygen atoms in total. The van der Waals surface area contributed by atoms with Crippen molar-refractivity contribution in [3.05, 3.63) is 24.3 Å². The van der Waals surface area contributed by atoms with Gasteiger partial charge in [0.25, 0.3) is 0 Å². The van der Waals surface area contributed by atoms with E-state index in [0.717, 1.165) is 6.42 Å². The van der Waals surface area contributed by atoms with E-state index in [0.29, 0.717) is 12.2 Å². The average molecular weight is 184 g/mol. The highest BCUT2D eigenvalue weighted by Crippen LogP contribution is 1.99. The number of rotatable bonds is 6. The molecule has 0 aliphatic rings. The van der Waals surface area contributed by atoms with Crippen molar-refractivity contribution in [2.75, 3.05) is 20.3 Å². The van der Waals surface area contributed by atoms with E-state index < -0.39 is 0 Å². The molecule has 0 saturated carbocycles. The number of hydrogen-bond donors (Lipinski definition) is 0. The van der Waals surface area contributed by atoms with E-state index in [1.54, 1.807) is 12.2 Å². The first-order valence-electron chi connectivity index (χ1n) is 4.23. The Kier molecular flexibility index (Phi) is 6.92. The zero-order chi connectivity index (χ0) is 10.1. The van der Waals surface area contributed by atoms with Gasteiger partial charge in [0.1, 0.15) is 0 Å². The molecule has 0 radical (unpaired) electrons. The molecule has 3 heteroatoms. The summed E-state index contributed by atoms with van der Waals surface area (Å²) in [6.45, 7) is 6.15. The highest BCUT2D eigenvalue weighted by Gasteiger charge is 2.08. The zero-order valence-corrected chi connectivity index (χ0v) is 8.21. The van der Waals surface area contributed by atoms with Gasteiger partial charge in [0, 0.05) is 7.11 Å². The SMILES string of the molecule is C=CC=C(COC)C(=O)OCCC. The lowest BCUT2D eigenvalue weighted by molar-refractivity contribution is -0.139. The summed E-state index contributed by atoms with van der Waals surface area (Å²) >= 11 is 0. The van der Waals surface area contributed by atoms with Crippen molar-refractivity contribution in [1.82, 2.24) is 0 Å². The van der Waals surface area contributed by atoms with Gasteiger partial charge in [-0.25, -0.2) is 4.79 Å². The van der Waals surface area contributed by atoms with Crippen LogP contribution in [0.1, 0.15) is 13.3 Å². The molecule has 0 heterocycles. The number of carbonyl (C=O) groups is 1. The molecule has 0 aliphatic carbocycles. The van der Waals surface area contributed by atoms with Gasteiger partial charge in [0.15, 0.2) is 0 Å². The maximum atomic E-state index is 11.3. The van der Waals surface area contributed by atoms with Crippen LogP contribution in [0.4, 0.5) is 0 Å². The lowest BCUT2D eigenvalue weighted by Crippen LogP contribution is -2.12. The molecule has 0 fully saturated rings. The fraction of sp³-hybridized carbons (Fsp3) is 0.500. The van der Waals surface area contributed by atoms with Crippen LogP contribution in [-0.2, 0) is 14.3 Å². The van der Waals surface area contributed by atoms with Gasteiger partial charge in [-0.1, -0.05) is 25.7 Å². The molecule has 0 aromatic rings. The van der Waals surface area contributed by atoms with Crippen LogP contribution in [0.15, 0.2) is 24.3 Å². The normalized spacial score (nSPS) is 11.1. The molecule has 0 amide bonds. The second-order valence-corrected chi connectivity index (χ2v) is 2.50. The molecule has 13 heavy (non-hydrogen) atoms. The monoisotopic (exact) mass is 184 g/mol. The summed E-state index contributed by atoms with van der Waals surface area (Å²) in [4.78, 5) is 11.3. The smallest absolute Gasteiger partial charge is 0.336 e. The van der Waals surface area contributed by atoms with Crippen LogP contribution < -0.4 is 0 Å². The van der Waals surface area contributed by atoms with Gasteiger partial charge in [0.05, 0.1) is 18.8 Å². The summed E-state index contributed by atoms with van der Waals surface area (Å²) in [5.74, 6) is -0.330. The first kappa shape index (κ1) is 11.9. The molecule has 0 spiro atoms. The maximum Gasteiger partial charge on any atom is 0.336 e. The molecule has 74 valence electrons. The number of carbonyl (C=O) groups excluding carboxylic acids is 1. The zero-order valence-electron chi connectivity index (χ0n) is 8.21. The van der Waals surface area contributed by atoms with E-state index in [9.17, 15) is 4.79 Å². The standard InChI is InChI=1S/C10H16O3/c1-4-6-9(8-12-3)10(11)13-7-5-2/h4,6H,1,5,7-8H2,2-3H3. The molecule has 0 N–H and O–H groups in total. The molecular formula is C10H16O3. The lowest BCUT2D eigenvalue weighted by atomic mass is 10.2. The molecule has 0 bridgehead atoms. The molecule has 0 aromatic heterocycles. The van der Waals surface area contributed by atoms with E-state index in [-0.39, 0.29) is 12.6 Å². The summed E-state index contributed by atoms with van der Waals surface area (Å²) in [5.41, 5.74) is 0.492. The Balaban J connectivity index is 4.11. The van der Waals surface area contributed by atoms with E-state index in [4.69, 9.17) is 9.47 Å². The Bertz CT molecular complexity index is 194. The van der Waals surface area contributed by atoms with Crippen molar-refractivity contribution in [2.45, 2.75) is 13.3 Å². The fourth-order valence-corrected chi connectivity index (χ4v) is 0.760. The van der Waals surface area contributed by atoms with Crippen LogP contribution >= 0.6 is 0 Å². The first-order chi connectivity index (χ1) is 6.26. The quantitative estimate of drug-likeness (QED) is 0.358. The van der Waals surface area contributed by atoms with Crippen LogP contribution in [0.25, 0.3) is 0 Å². The summed E-state index contributed by atoms with van der Waals surface area (Å²) in [5, 5.41) is 0. The Labute approximate surface area is 79.0 Å². The van der Waals surface area contributed by atoms with Crippen LogP contribution in [0.3, 0.4) is 0 Å². The molecular weight excluding hydrogens is 168 g/mol. The van der Waals surface area contributed by atoms with Gasteiger partial charge in [-0.15, -0.1) is 0 Å². The third-order valence-electron chi connectivity index (χ3n) is 1.32. The van der Waals surface area contributed by atoms with Crippen molar-refractivity contribution in [3.8, 4) is 0 Å². The van der Waals surface area contributed by atoms with Crippen LogP contribution in [-0.4, -0.2) is 26.3 Å². The molecule has 0 atom stereocenters. The van der Waals surface area contributed by atoms with Crippen LogP contribution in [0.2, 0.25) is 0 Å². The van der Waals surface area contributed by atoms with Crippen molar-refractivity contribution in [1.29, 1.82) is 0 Å². The van der Waals surface area contributed by atoms with Gasteiger partial charge in [-0.2, -0.15) is 0 Å². The number of ether oxygens (including phenoxy) is 2. The Morgan fingerprint density at radius 3 is 2.69 bits per heavy atom. The predicted molar refractivity (Wildman–Crippen MR) is 51.4 cm³/mol. The Hall–Kier alpha value is -1.09. The van der Waals surface area contributed by atoms with E-state index >= 15 is 0 Å². The highest BCUT2D eigenvalue weighted by molar-refractivity contribution is 5.89. The molecule has 0 aliphatic heterocycles. The topological polar surface area (TPSA) is 35.5 Å². The maximum absolute atomic E-state index is 11.3. The van der Waals surface area contributed by atoms with Crippen molar-refractivity contribution in [2.24, 2.45) is 0 Å². The second kappa shape index (κ2) is 7.55. The number of allylic oxidation sites excluding steroid dienone is 2. The Morgan fingerprint density at radius 2 is 2.23 bits per heavy atom. The van der Waals surface area contributed by atoms with E-state index in [1.807, 2.05) is 6.92 Å². The van der Waals surface area contributed by atoms with Gasteiger partial charge in [-0.05, 0) is 6.42 Å². The van der Waals surface area contributed by atoms with Crippen molar-refractivity contribution in [3.63, 3.8) is 0 Å². The van der Waals surface area contributed by atoms with Gasteiger partial charge in [0.2, 0.25) is 0 Å². The van der Waals surface area contributed by atoms with Gasteiger partial charge in [-0.3, -0.25) is 0 Å². The lowest BCUT2D eigenvalue weighted by Gasteiger charge is -2.05. The average Bonchev–Trinajstić information content (AvgIpc) is 2.14. The largest absolute Gasteiger partial charge is 0.462 e. The third-order valence-corrected chi connectivity index (χ3v) is 1.32. The van der Waals surface area contributed by atoms with Crippen LogP contribution in [0.5, 0.6) is 0 Å². The number of hydrogen-bond acceptors (Lipinski definition) is 3. The predicted octanol–water partition coefficient (Wildman–Crippen LogP) is 1.70. The minimum Gasteiger partial charge on any atom is -0.462 e.